The van der Waals surface area contributed by atoms with Crippen LogP contribution in [0.15, 0.2) is 30.3 Å². The first-order chi connectivity index (χ1) is 8.58. The van der Waals surface area contributed by atoms with Gasteiger partial charge in [-0.1, -0.05) is 56.4 Å². The molecule has 1 aromatic carbocycles. The first-order valence-electron chi connectivity index (χ1n) is 6.23. The second-order valence-corrected chi connectivity index (χ2v) is 5.34. The van der Waals surface area contributed by atoms with E-state index in [1.165, 1.54) is 0 Å². The highest BCUT2D eigenvalue weighted by atomic mass is 32.1. The van der Waals surface area contributed by atoms with E-state index >= 15 is 0 Å². The lowest BCUT2D eigenvalue weighted by atomic mass is 10.1. The van der Waals surface area contributed by atoms with Crippen molar-refractivity contribution < 1.29 is 0 Å². The van der Waals surface area contributed by atoms with Crippen LogP contribution >= 0.6 is 12.2 Å². The van der Waals surface area contributed by atoms with Crippen LogP contribution in [-0.2, 0) is 6.42 Å². The molecule has 0 saturated carbocycles. The van der Waals surface area contributed by atoms with Crippen LogP contribution in [0.1, 0.15) is 25.2 Å². The smallest absolute Gasteiger partial charge is 0.133 e. The van der Waals surface area contributed by atoms with E-state index in [1.807, 2.05) is 25.1 Å². The third-order valence-electron chi connectivity index (χ3n) is 2.87. The molecule has 0 aliphatic rings. The van der Waals surface area contributed by atoms with Gasteiger partial charge >= 0.3 is 0 Å². The molecule has 3 heteroatoms. The number of nitrogens with one attached hydrogen (secondary N) is 1. The third kappa shape index (κ3) is 2.85. The van der Waals surface area contributed by atoms with Gasteiger partial charge in [0.05, 0.1) is 5.69 Å². The van der Waals surface area contributed by atoms with Gasteiger partial charge in [-0.25, -0.2) is 4.98 Å². The number of benzene rings is 1. The molecule has 0 aliphatic carbocycles. The van der Waals surface area contributed by atoms with Gasteiger partial charge in [-0.3, -0.25) is 0 Å². The molecule has 2 rings (SSSR count). The molecule has 1 aromatic heterocycles. The molecule has 2 nitrogen and oxygen atoms in total. The second-order valence-electron chi connectivity index (χ2n) is 4.95. The minimum atomic E-state index is 0.564. The van der Waals surface area contributed by atoms with E-state index in [0.29, 0.717) is 10.6 Å². The number of hydrogen-bond acceptors (Lipinski definition) is 2. The highest BCUT2D eigenvalue weighted by Gasteiger charge is 2.08. The van der Waals surface area contributed by atoms with Crippen LogP contribution in [0.5, 0.6) is 0 Å². The van der Waals surface area contributed by atoms with E-state index in [0.717, 1.165) is 29.1 Å². The summed E-state index contributed by atoms with van der Waals surface area (Å²) in [6.07, 6.45) is 0.920. The van der Waals surface area contributed by atoms with Crippen LogP contribution < -0.4 is 0 Å². The summed E-state index contributed by atoms with van der Waals surface area (Å²) in [5.41, 5.74) is 3.29. The number of aromatic amines is 1. The quantitative estimate of drug-likeness (QED) is 0.831. The second kappa shape index (κ2) is 5.44. The Morgan fingerprint density at radius 3 is 2.50 bits per heavy atom. The average Bonchev–Trinajstić information content (AvgIpc) is 2.34. The summed E-state index contributed by atoms with van der Waals surface area (Å²) in [6.45, 7) is 6.38. The fourth-order valence-electron chi connectivity index (χ4n) is 1.96. The Hall–Kier alpha value is -1.48. The van der Waals surface area contributed by atoms with Crippen LogP contribution in [0.2, 0.25) is 0 Å². The van der Waals surface area contributed by atoms with Crippen LogP contribution in [0, 0.1) is 17.5 Å². The van der Waals surface area contributed by atoms with Crippen molar-refractivity contribution in [1.29, 1.82) is 0 Å². The minimum absolute atomic E-state index is 0.564. The van der Waals surface area contributed by atoms with E-state index in [1.54, 1.807) is 0 Å². The van der Waals surface area contributed by atoms with Crippen LogP contribution in [-0.4, -0.2) is 9.97 Å². The van der Waals surface area contributed by atoms with Gasteiger partial charge in [-0.15, -0.1) is 0 Å². The van der Waals surface area contributed by atoms with Gasteiger partial charge in [0.25, 0.3) is 0 Å². The summed E-state index contributed by atoms with van der Waals surface area (Å²) >= 11 is 5.35. The monoisotopic (exact) mass is 258 g/mol. The molecule has 0 fully saturated rings. The summed E-state index contributed by atoms with van der Waals surface area (Å²) < 4.78 is 0.697. The minimum Gasteiger partial charge on any atom is -0.343 e. The van der Waals surface area contributed by atoms with Crippen molar-refractivity contribution >= 4 is 12.2 Å². The van der Waals surface area contributed by atoms with Crippen LogP contribution in [0.25, 0.3) is 11.3 Å². The van der Waals surface area contributed by atoms with E-state index in [2.05, 4.69) is 35.9 Å². The molecule has 0 radical (unpaired) electrons. The normalized spacial score (nSPS) is 10.9. The van der Waals surface area contributed by atoms with E-state index in [9.17, 15) is 0 Å². The zero-order valence-electron chi connectivity index (χ0n) is 11.0. The fraction of sp³-hybridized carbons (Fsp3) is 0.333. The molecule has 0 aliphatic heterocycles. The zero-order valence-corrected chi connectivity index (χ0v) is 11.8. The number of aromatic nitrogens is 2. The Kier molecular flexibility index (Phi) is 3.92. The van der Waals surface area contributed by atoms with Gasteiger partial charge in [0, 0.05) is 12.0 Å². The predicted octanol–water partition coefficient (Wildman–Crippen LogP) is 4.31. The lowest BCUT2D eigenvalue weighted by molar-refractivity contribution is 0.620. The van der Waals surface area contributed by atoms with Gasteiger partial charge in [-0.05, 0) is 18.4 Å². The molecule has 18 heavy (non-hydrogen) atoms. The third-order valence-corrected chi connectivity index (χ3v) is 3.26. The van der Waals surface area contributed by atoms with Gasteiger partial charge in [0.2, 0.25) is 0 Å². The van der Waals surface area contributed by atoms with Crippen molar-refractivity contribution in [2.24, 2.45) is 5.92 Å². The molecule has 94 valence electrons. The summed E-state index contributed by atoms with van der Waals surface area (Å²) in [4.78, 5) is 7.88. The summed E-state index contributed by atoms with van der Waals surface area (Å²) in [5, 5.41) is 0. The first kappa shape index (κ1) is 13.0. The number of H-pyrrole nitrogens is 1. The largest absolute Gasteiger partial charge is 0.343 e. The molecule has 0 unspecified atom stereocenters. The maximum Gasteiger partial charge on any atom is 0.133 e. The number of nitrogens with zero attached hydrogens (tertiary/aromatic N) is 1. The van der Waals surface area contributed by atoms with Crippen molar-refractivity contribution in [3.8, 4) is 11.3 Å². The molecule has 0 amide bonds. The van der Waals surface area contributed by atoms with E-state index in [4.69, 9.17) is 12.2 Å². The molecule has 2 aromatic rings. The molecule has 0 bridgehead atoms. The summed E-state index contributed by atoms with van der Waals surface area (Å²) in [6, 6.07) is 10.3. The van der Waals surface area contributed by atoms with Crippen molar-refractivity contribution in [2.75, 3.05) is 0 Å². The maximum atomic E-state index is 5.35. The Labute approximate surface area is 113 Å². The Balaban J connectivity index is 2.53. The Bertz CT molecular complexity index is 585. The maximum absolute atomic E-state index is 5.35. The number of hydrogen-bond donors (Lipinski definition) is 1. The fourth-order valence-corrected chi connectivity index (χ4v) is 2.17. The molecule has 1 N–H and O–H groups in total. The molecule has 0 saturated heterocycles. The van der Waals surface area contributed by atoms with Crippen LogP contribution in [0.3, 0.4) is 0 Å². The predicted molar refractivity (Wildman–Crippen MR) is 78.1 cm³/mol. The summed E-state index contributed by atoms with van der Waals surface area (Å²) in [7, 11) is 0. The summed E-state index contributed by atoms with van der Waals surface area (Å²) in [5.74, 6) is 1.54. The van der Waals surface area contributed by atoms with Gasteiger partial charge in [0.1, 0.15) is 10.5 Å². The zero-order chi connectivity index (χ0) is 13.1. The van der Waals surface area contributed by atoms with Crippen molar-refractivity contribution in [2.45, 2.75) is 27.2 Å². The lowest BCUT2D eigenvalue weighted by Crippen LogP contribution is -2.04. The molecular formula is C15H18N2S. The van der Waals surface area contributed by atoms with Crippen molar-refractivity contribution in [1.82, 2.24) is 9.97 Å². The molecule has 1 heterocycles. The molecule has 0 spiro atoms. The highest BCUT2D eigenvalue weighted by Crippen LogP contribution is 2.21. The molecule has 0 atom stereocenters. The van der Waals surface area contributed by atoms with E-state index < -0.39 is 0 Å². The van der Waals surface area contributed by atoms with Gasteiger partial charge < -0.3 is 4.98 Å². The Morgan fingerprint density at radius 1 is 1.22 bits per heavy atom. The molecular weight excluding hydrogens is 240 g/mol. The van der Waals surface area contributed by atoms with Gasteiger partial charge in [0.15, 0.2) is 0 Å². The SMILES string of the molecule is Cc1c(-c2ccccc2)[nH]c(CC(C)C)nc1=S. The van der Waals surface area contributed by atoms with E-state index in [-0.39, 0.29) is 0 Å². The number of rotatable bonds is 3. The van der Waals surface area contributed by atoms with Crippen molar-refractivity contribution in [3.63, 3.8) is 0 Å². The van der Waals surface area contributed by atoms with Crippen LogP contribution in [0.4, 0.5) is 0 Å². The topological polar surface area (TPSA) is 28.7 Å². The Morgan fingerprint density at radius 2 is 1.89 bits per heavy atom. The first-order valence-corrected chi connectivity index (χ1v) is 6.64. The lowest BCUT2D eigenvalue weighted by Gasteiger charge is -2.11. The van der Waals surface area contributed by atoms with Crippen molar-refractivity contribution in [3.05, 3.63) is 46.4 Å². The standard InChI is InChI=1S/C15H18N2S/c1-10(2)9-13-16-14(11(3)15(18)17-13)12-7-5-4-6-8-12/h4-8,10H,9H2,1-3H3,(H,16,17,18). The average molecular weight is 258 g/mol. The van der Waals surface area contributed by atoms with Gasteiger partial charge in [-0.2, -0.15) is 0 Å². The highest BCUT2D eigenvalue weighted by molar-refractivity contribution is 7.71.